The van der Waals surface area contributed by atoms with E-state index in [4.69, 9.17) is 4.74 Å². The molecule has 2 heterocycles. The molecule has 41 heavy (non-hydrogen) atoms. The summed E-state index contributed by atoms with van der Waals surface area (Å²) >= 11 is 1.37. The molecule has 3 amide bonds. The minimum absolute atomic E-state index is 0.253. The molecule has 0 spiro atoms. The summed E-state index contributed by atoms with van der Waals surface area (Å²) < 4.78 is 5.21. The van der Waals surface area contributed by atoms with Gasteiger partial charge >= 0.3 is 6.09 Å². The van der Waals surface area contributed by atoms with Crippen molar-refractivity contribution in [3.05, 3.63) is 71.4 Å². The van der Waals surface area contributed by atoms with Crippen LogP contribution in [0, 0.1) is 0 Å². The van der Waals surface area contributed by atoms with E-state index in [0.717, 1.165) is 22.2 Å². The molecule has 0 fully saturated rings. The molecule has 0 aliphatic carbocycles. The molecule has 4 N–H and O–H groups in total. The summed E-state index contributed by atoms with van der Waals surface area (Å²) in [5.74, 6) is -0.513. The monoisotopic (exact) mass is 574 g/mol. The van der Waals surface area contributed by atoms with E-state index >= 15 is 0 Å². The highest BCUT2D eigenvalue weighted by Crippen LogP contribution is 2.33. The number of fused-ring (bicyclic) bond motifs is 1. The second kappa shape index (κ2) is 13.2. The summed E-state index contributed by atoms with van der Waals surface area (Å²) in [6, 6.07) is 15.3. The molecule has 0 atom stereocenters. The Bertz CT molecular complexity index is 1530. The van der Waals surface area contributed by atoms with E-state index in [0.29, 0.717) is 47.9 Å². The van der Waals surface area contributed by atoms with Crippen LogP contribution in [0.3, 0.4) is 0 Å². The van der Waals surface area contributed by atoms with Crippen molar-refractivity contribution in [2.24, 2.45) is 0 Å². The number of carbonyl (C=O) groups is 3. The number of thiazole rings is 1. The van der Waals surface area contributed by atoms with Crippen LogP contribution < -0.4 is 21.3 Å². The molecule has 2 aromatic heterocycles. The molecular weight excluding hydrogens is 540 g/mol. The molecule has 0 unspecified atom stereocenters. The first kappa shape index (κ1) is 29.5. The van der Waals surface area contributed by atoms with Crippen LogP contribution in [0.2, 0.25) is 0 Å². The van der Waals surface area contributed by atoms with Crippen LogP contribution in [0.4, 0.5) is 16.2 Å². The Morgan fingerprint density at radius 3 is 2.39 bits per heavy atom. The zero-order chi connectivity index (χ0) is 29.4. The average molecular weight is 575 g/mol. The van der Waals surface area contributed by atoms with Crippen LogP contribution in [-0.4, -0.2) is 53.6 Å². The Kier molecular flexibility index (Phi) is 9.51. The first-order valence-corrected chi connectivity index (χ1v) is 14.2. The van der Waals surface area contributed by atoms with Crippen molar-refractivity contribution in [3.8, 4) is 10.6 Å². The van der Waals surface area contributed by atoms with E-state index in [-0.39, 0.29) is 11.8 Å². The molecule has 2 aromatic carbocycles. The Balaban J connectivity index is 1.43. The maximum absolute atomic E-state index is 12.7. The largest absolute Gasteiger partial charge is 0.444 e. The standard InChI is InChI=1S/C30H34N6O4S/c1-30(2,3)40-29(39)33-15-9-8-14-32-27(38)24-18-41-28(36-24)19-12-13-23-21(16-19)25(22(17-34-23)26(37)31-4)35-20-10-6-5-7-11-20/h5-7,10-13,16-18H,8-9,14-15H2,1-4H3,(H,31,37)(H,32,38)(H,33,39)(H,34,35). The van der Waals surface area contributed by atoms with Crippen LogP contribution in [-0.2, 0) is 4.74 Å². The Labute approximate surface area is 242 Å². The number of rotatable bonds is 10. The summed E-state index contributed by atoms with van der Waals surface area (Å²) in [4.78, 5) is 46.1. The third-order valence-corrected chi connectivity index (χ3v) is 6.82. The molecule has 0 saturated heterocycles. The molecule has 4 aromatic rings. The number of anilines is 2. The summed E-state index contributed by atoms with van der Waals surface area (Å²) in [6.07, 6.45) is 2.51. The third kappa shape index (κ3) is 8.01. The lowest BCUT2D eigenvalue weighted by Crippen LogP contribution is -2.33. The SMILES string of the molecule is CNC(=O)c1cnc2ccc(-c3nc(C(=O)NCCCCNC(=O)OC(C)(C)C)cs3)cc2c1Nc1ccccc1. The second-order valence-corrected chi connectivity index (χ2v) is 11.1. The Hall–Kier alpha value is -4.51. The third-order valence-electron chi connectivity index (χ3n) is 5.92. The van der Waals surface area contributed by atoms with Crippen molar-refractivity contribution in [1.29, 1.82) is 0 Å². The molecule has 0 bridgehead atoms. The predicted molar refractivity (Wildman–Crippen MR) is 162 cm³/mol. The number of para-hydroxylation sites is 1. The molecule has 214 valence electrons. The van der Waals surface area contributed by atoms with Crippen LogP contribution in [0.25, 0.3) is 21.5 Å². The van der Waals surface area contributed by atoms with Crippen LogP contribution >= 0.6 is 11.3 Å². The zero-order valence-electron chi connectivity index (χ0n) is 23.5. The summed E-state index contributed by atoms with van der Waals surface area (Å²) in [5.41, 5.74) is 3.21. The van der Waals surface area contributed by atoms with Gasteiger partial charge in [0.2, 0.25) is 0 Å². The first-order valence-electron chi connectivity index (χ1n) is 13.3. The Morgan fingerprint density at radius 1 is 0.951 bits per heavy atom. The fourth-order valence-electron chi connectivity index (χ4n) is 3.99. The molecule has 0 aliphatic heterocycles. The number of aromatic nitrogens is 2. The quantitative estimate of drug-likeness (QED) is 0.184. The molecule has 0 radical (unpaired) electrons. The zero-order valence-corrected chi connectivity index (χ0v) is 24.4. The number of amides is 3. The number of benzene rings is 2. The van der Waals surface area contributed by atoms with Gasteiger partial charge in [-0.05, 0) is 63.9 Å². The highest BCUT2D eigenvalue weighted by molar-refractivity contribution is 7.13. The van der Waals surface area contributed by atoms with Crippen molar-refractivity contribution in [3.63, 3.8) is 0 Å². The molecule has 4 rings (SSSR count). The fraction of sp³-hybridized carbons (Fsp3) is 0.300. The van der Waals surface area contributed by atoms with Gasteiger partial charge in [0.1, 0.15) is 16.3 Å². The number of hydrogen-bond donors (Lipinski definition) is 4. The minimum Gasteiger partial charge on any atom is -0.444 e. The van der Waals surface area contributed by atoms with Gasteiger partial charge in [0.15, 0.2) is 0 Å². The number of alkyl carbamates (subject to hydrolysis) is 1. The number of pyridine rings is 1. The van der Waals surface area contributed by atoms with Crippen molar-refractivity contribution < 1.29 is 19.1 Å². The van der Waals surface area contributed by atoms with E-state index in [1.165, 1.54) is 11.3 Å². The van der Waals surface area contributed by atoms with Gasteiger partial charge in [-0.25, -0.2) is 9.78 Å². The fourth-order valence-corrected chi connectivity index (χ4v) is 4.79. The van der Waals surface area contributed by atoms with E-state index in [2.05, 4.69) is 31.2 Å². The summed E-state index contributed by atoms with van der Waals surface area (Å²) in [5, 5.41) is 14.8. The van der Waals surface area contributed by atoms with Crippen molar-refractivity contribution >= 4 is 51.5 Å². The first-order chi connectivity index (χ1) is 19.6. The molecular formula is C30H34N6O4S. The lowest BCUT2D eigenvalue weighted by molar-refractivity contribution is 0.0526. The lowest BCUT2D eigenvalue weighted by Gasteiger charge is -2.19. The summed E-state index contributed by atoms with van der Waals surface area (Å²) in [7, 11) is 1.58. The summed E-state index contributed by atoms with van der Waals surface area (Å²) in [6.45, 7) is 6.36. The normalized spacial score (nSPS) is 11.1. The maximum Gasteiger partial charge on any atom is 0.407 e. The van der Waals surface area contributed by atoms with Crippen molar-refractivity contribution in [2.45, 2.75) is 39.2 Å². The van der Waals surface area contributed by atoms with Crippen LogP contribution in [0.1, 0.15) is 54.5 Å². The van der Waals surface area contributed by atoms with E-state index in [9.17, 15) is 14.4 Å². The highest BCUT2D eigenvalue weighted by Gasteiger charge is 2.18. The molecule has 10 nitrogen and oxygen atoms in total. The molecule has 0 saturated carbocycles. The average Bonchev–Trinajstić information content (AvgIpc) is 3.44. The van der Waals surface area contributed by atoms with Crippen molar-refractivity contribution in [2.75, 3.05) is 25.5 Å². The minimum atomic E-state index is -0.538. The topological polar surface area (TPSA) is 134 Å². The number of nitrogens with one attached hydrogen (secondary N) is 4. The smallest absolute Gasteiger partial charge is 0.407 e. The molecule has 11 heteroatoms. The van der Waals surface area contributed by atoms with E-state index < -0.39 is 11.7 Å². The van der Waals surface area contributed by atoms with E-state index in [1.807, 2.05) is 69.3 Å². The number of ether oxygens (including phenoxy) is 1. The van der Waals surface area contributed by atoms with E-state index in [1.54, 1.807) is 18.6 Å². The van der Waals surface area contributed by atoms with Gasteiger partial charge in [-0.2, -0.15) is 0 Å². The predicted octanol–water partition coefficient (Wildman–Crippen LogP) is 5.50. The lowest BCUT2D eigenvalue weighted by atomic mass is 10.1. The number of nitrogens with zero attached hydrogens (tertiary/aromatic N) is 2. The van der Waals surface area contributed by atoms with Gasteiger partial charge in [-0.1, -0.05) is 18.2 Å². The second-order valence-electron chi connectivity index (χ2n) is 10.3. The van der Waals surface area contributed by atoms with Crippen LogP contribution in [0.15, 0.2) is 60.1 Å². The maximum atomic E-state index is 12.7. The highest BCUT2D eigenvalue weighted by atomic mass is 32.1. The van der Waals surface area contributed by atoms with Gasteiger partial charge in [-0.3, -0.25) is 14.6 Å². The Morgan fingerprint density at radius 2 is 1.68 bits per heavy atom. The number of carbonyl (C=O) groups excluding carboxylic acids is 3. The van der Waals surface area contributed by atoms with Crippen molar-refractivity contribution in [1.82, 2.24) is 25.9 Å². The number of unbranched alkanes of at least 4 members (excludes halogenated alkanes) is 1. The van der Waals surface area contributed by atoms with Gasteiger partial charge in [0.05, 0.1) is 16.8 Å². The van der Waals surface area contributed by atoms with Gasteiger partial charge in [0.25, 0.3) is 11.8 Å². The number of hydrogen-bond acceptors (Lipinski definition) is 8. The van der Waals surface area contributed by atoms with Gasteiger partial charge in [0, 0.05) is 48.4 Å². The van der Waals surface area contributed by atoms with Gasteiger partial charge < -0.3 is 26.0 Å². The molecule has 0 aliphatic rings. The van der Waals surface area contributed by atoms with Crippen LogP contribution in [0.5, 0.6) is 0 Å². The van der Waals surface area contributed by atoms with Gasteiger partial charge in [-0.15, -0.1) is 11.3 Å².